The van der Waals surface area contributed by atoms with Crippen molar-refractivity contribution in [1.82, 2.24) is 34.2 Å². The maximum absolute atomic E-state index is 12.3. The molecule has 1 saturated heterocycles. The molecule has 1 N–H and O–H groups in total. The van der Waals surface area contributed by atoms with Gasteiger partial charge >= 0.3 is 0 Å². The highest BCUT2D eigenvalue weighted by atomic mass is 16.1. The summed E-state index contributed by atoms with van der Waals surface area (Å²) in [5.41, 5.74) is 1.96. The highest BCUT2D eigenvalue weighted by molar-refractivity contribution is 5.74. The second-order valence-corrected chi connectivity index (χ2v) is 7.15. The second kappa shape index (κ2) is 7.05. The van der Waals surface area contributed by atoms with Gasteiger partial charge in [0.05, 0.1) is 24.1 Å². The van der Waals surface area contributed by atoms with E-state index in [2.05, 4.69) is 20.0 Å². The molecule has 1 unspecified atom stereocenters. The maximum Gasteiger partial charge on any atom is 0.266 e. The standard InChI is InChI=1S/C20H21N7O/c28-20-8-7-19(26-11-9-21-14-26)24-27(20)12-15-4-3-10-25(15)13-18-22-16-5-1-2-6-17(16)23-18/h1-2,5-9,11,14-15H,3-4,10,12-13H2,(H,22,23). The van der Waals surface area contributed by atoms with E-state index >= 15 is 0 Å². The van der Waals surface area contributed by atoms with Crippen LogP contribution < -0.4 is 5.56 Å². The van der Waals surface area contributed by atoms with E-state index in [-0.39, 0.29) is 11.6 Å². The highest BCUT2D eigenvalue weighted by Gasteiger charge is 2.26. The Labute approximate surface area is 161 Å². The van der Waals surface area contributed by atoms with E-state index in [0.717, 1.165) is 42.8 Å². The fourth-order valence-corrected chi connectivity index (χ4v) is 3.88. The number of fused-ring (bicyclic) bond motifs is 1. The summed E-state index contributed by atoms with van der Waals surface area (Å²) in [6.45, 7) is 2.31. The Morgan fingerprint density at radius 3 is 2.96 bits per heavy atom. The van der Waals surface area contributed by atoms with Crippen molar-refractivity contribution in [3.63, 3.8) is 0 Å². The van der Waals surface area contributed by atoms with E-state index in [1.807, 2.05) is 30.5 Å². The molecule has 8 heteroatoms. The lowest BCUT2D eigenvalue weighted by Crippen LogP contribution is -2.37. The molecule has 1 aliphatic rings. The molecule has 5 rings (SSSR count). The van der Waals surface area contributed by atoms with Crippen molar-refractivity contribution in [3.8, 4) is 5.82 Å². The molecule has 0 radical (unpaired) electrons. The number of nitrogens with zero attached hydrogens (tertiary/aromatic N) is 6. The minimum atomic E-state index is -0.0838. The van der Waals surface area contributed by atoms with Gasteiger partial charge in [-0.05, 0) is 37.6 Å². The van der Waals surface area contributed by atoms with Crippen LogP contribution in [0.4, 0.5) is 0 Å². The van der Waals surface area contributed by atoms with E-state index in [9.17, 15) is 4.79 Å². The molecule has 142 valence electrons. The van der Waals surface area contributed by atoms with E-state index < -0.39 is 0 Å². The largest absolute Gasteiger partial charge is 0.341 e. The first-order valence-corrected chi connectivity index (χ1v) is 9.50. The van der Waals surface area contributed by atoms with Gasteiger partial charge in [-0.3, -0.25) is 14.3 Å². The van der Waals surface area contributed by atoms with Crippen LogP contribution in [-0.4, -0.2) is 46.8 Å². The highest BCUT2D eigenvalue weighted by Crippen LogP contribution is 2.21. The van der Waals surface area contributed by atoms with E-state index in [1.54, 1.807) is 33.9 Å². The van der Waals surface area contributed by atoms with Gasteiger partial charge in [0.2, 0.25) is 0 Å². The van der Waals surface area contributed by atoms with Gasteiger partial charge in [0.1, 0.15) is 12.2 Å². The summed E-state index contributed by atoms with van der Waals surface area (Å²) in [5, 5.41) is 4.53. The van der Waals surface area contributed by atoms with Crippen molar-refractivity contribution in [2.45, 2.75) is 32.0 Å². The van der Waals surface area contributed by atoms with Crippen molar-refractivity contribution in [2.75, 3.05) is 6.54 Å². The molecule has 0 saturated carbocycles. The Hall–Kier alpha value is -3.26. The molecule has 1 fully saturated rings. The molecule has 0 amide bonds. The van der Waals surface area contributed by atoms with Gasteiger partial charge in [-0.25, -0.2) is 14.6 Å². The first kappa shape index (κ1) is 16.9. The average molecular weight is 375 g/mol. The molecule has 1 atom stereocenters. The lowest BCUT2D eigenvalue weighted by atomic mass is 10.2. The van der Waals surface area contributed by atoms with Crippen molar-refractivity contribution >= 4 is 11.0 Å². The van der Waals surface area contributed by atoms with Gasteiger partial charge in [-0.15, -0.1) is 0 Å². The molecule has 8 nitrogen and oxygen atoms in total. The molecule has 0 aliphatic carbocycles. The van der Waals surface area contributed by atoms with Gasteiger partial charge in [0.25, 0.3) is 5.56 Å². The van der Waals surface area contributed by atoms with Crippen LogP contribution in [0.1, 0.15) is 18.7 Å². The number of H-pyrrole nitrogens is 1. The number of hydrogen-bond acceptors (Lipinski definition) is 5. The van der Waals surface area contributed by atoms with Gasteiger partial charge in [0, 0.05) is 24.5 Å². The van der Waals surface area contributed by atoms with Crippen LogP contribution in [0, 0.1) is 0 Å². The molecule has 3 aromatic heterocycles. The van der Waals surface area contributed by atoms with Crippen LogP contribution in [0.2, 0.25) is 0 Å². The summed E-state index contributed by atoms with van der Waals surface area (Å²) in [6.07, 6.45) is 7.36. The summed E-state index contributed by atoms with van der Waals surface area (Å²) < 4.78 is 3.37. The normalized spacial score (nSPS) is 17.5. The van der Waals surface area contributed by atoms with E-state index in [1.165, 1.54) is 0 Å². The van der Waals surface area contributed by atoms with Crippen LogP contribution in [0.15, 0.2) is 59.9 Å². The third-order valence-corrected chi connectivity index (χ3v) is 5.30. The fourth-order valence-electron chi connectivity index (χ4n) is 3.88. The van der Waals surface area contributed by atoms with Crippen LogP contribution in [0.25, 0.3) is 16.9 Å². The summed E-state index contributed by atoms with van der Waals surface area (Å²) in [7, 11) is 0. The number of aromatic amines is 1. The SMILES string of the molecule is O=c1ccc(-n2ccnc2)nn1CC1CCCN1Cc1nc2ccccc2[nH]1. The van der Waals surface area contributed by atoms with Crippen LogP contribution >= 0.6 is 0 Å². The average Bonchev–Trinajstić information content (AvgIpc) is 3.45. The van der Waals surface area contributed by atoms with Gasteiger partial charge in [-0.1, -0.05) is 12.1 Å². The number of rotatable bonds is 5. The van der Waals surface area contributed by atoms with Gasteiger partial charge in [0.15, 0.2) is 5.82 Å². The lowest BCUT2D eigenvalue weighted by Gasteiger charge is -2.23. The summed E-state index contributed by atoms with van der Waals surface area (Å²) in [6, 6.07) is 11.6. The Balaban J connectivity index is 1.36. The Kier molecular flexibility index (Phi) is 4.25. The third kappa shape index (κ3) is 3.22. The smallest absolute Gasteiger partial charge is 0.266 e. The summed E-state index contributed by atoms with van der Waals surface area (Å²) in [4.78, 5) is 26.9. The zero-order chi connectivity index (χ0) is 18.9. The molecular formula is C20H21N7O. The minimum Gasteiger partial charge on any atom is -0.341 e. The molecule has 0 bridgehead atoms. The quantitative estimate of drug-likeness (QED) is 0.576. The van der Waals surface area contributed by atoms with Crippen molar-refractivity contribution in [2.24, 2.45) is 0 Å². The Morgan fingerprint density at radius 2 is 2.11 bits per heavy atom. The molecule has 1 aromatic carbocycles. The number of aromatic nitrogens is 6. The zero-order valence-corrected chi connectivity index (χ0v) is 15.4. The third-order valence-electron chi connectivity index (χ3n) is 5.30. The lowest BCUT2D eigenvalue weighted by molar-refractivity contribution is 0.212. The van der Waals surface area contributed by atoms with Gasteiger partial charge < -0.3 is 4.98 Å². The molecular weight excluding hydrogens is 354 g/mol. The number of imidazole rings is 2. The number of hydrogen-bond donors (Lipinski definition) is 1. The van der Waals surface area contributed by atoms with Crippen molar-refractivity contribution < 1.29 is 0 Å². The predicted molar refractivity (Wildman–Crippen MR) is 105 cm³/mol. The molecule has 0 spiro atoms. The monoisotopic (exact) mass is 375 g/mol. The predicted octanol–water partition coefficient (Wildman–Crippen LogP) is 1.97. The van der Waals surface area contributed by atoms with Crippen LogP contribution in [0.3, 0.4) is 0 Å². The Bertz CT molecular complexity index is 1110. The first-order valence-electron chi connectivity index (χ1n) is 9.50. The second-order valence-electron chi connectivity index (χ2n) is 7.15. The molecule has 4 heterocycles. The zero-order valence-electron chi connectivity index (χ0n) is 15.4. The van der Waals surface area contributed by atoms with Gasteiger partial charge in [-0.2, -0.15) is 5.10 Å². The van der Waals surface area contributed by atoms with Crippen LogP contribution in [0.5, 0.6) is 0 Å². The number of benzene rings is 1. The van der Waals surface area contributed by atoms with E-state index in [0.29, 0.717) is 12.4 Å². The first-order chi connectivity index (χ1) is 13.8. The molecule has 4 aromatic rings. The van der Waals surface area contributed by atoms with Crippen LogP contribution in [-0.2, 0) is 13.1 Å². The number of para-hydroxylation sites is 2. The van der Waals surface area contributed by atoms with Crippen molar-refractivity contribution in [1.29, 1.82) is 0 Å². The fraction of sp³-hybridized carbons (Fsp3) is 0.300. The number of likely N-dealkylation sites (tertiary alicyclic amines) is 1. The minimum absolute atomic E-state index is 0.0838. The summed E-state index contributed by atoms with van der Waals surface area (Å²) >= 11 is 0. The molecule has 1 aliphatic heterocycles. The molecule has 28 heavy (non-hydrogen) atoms. The maximum atomic E-state index is 12.3. The summed E-state index contributed by atoms with van der Waals surface area (Å²) in [5.74, 6) is 1.65. The number of nitrogens with one attached hydrogen (secondary N) is 1. The van der Waals surface area contributed by atoms with E-state index in [4.69, 9.17) is 4.98 Å². The topological polar surface area (TPSA) is 84.6 Å². The van der Waals surface area contributed by atoms with Crippen molar-refractivity contribution in [3.05, 3.63) is 71.3 Å². The Morgan fingerprint density at radius 1 is 1.18 bits per heavy atom.